The second-order valence-corrected chi connectivity index (χ2v) is 3.41. The van der Waals surface area contributed by atoms with Crippen LogP contribution in [0.3, 0.4) is 0 Å². The summed E-state index contributed by atoms with van der Waals surface area (Å²) in [4.78, 5) is 6.10. The second kappa shape index (κ2) is 4.94. The highest BCUT2D eigenvalue weighted by Crippen LogP contribution is 2.00. The van der Waals surface area contributed by atoms with Gasteiger partial charge in [-0.15, -0.1) is 0 Å². The second-order valence-electron chi connectivity index (χ2n) is 3.41. The Morgan fingerprint density at radius 1 is 1.62 bits per heavy atom. The van der Waals surface area contributed by atoms with E-state index >= 15 is 0 Å². The molecule has 1 aromatic heterocycles. The van der Waals surface area contributed by atoms with Gasteiger partial charge in [0.15, 0.2) is 0 Å². The zero-order chi connectivity index (χ0) is 9.68. The van der Waals surface area contributed by atoms with E-state index in [-0.39, 0.29) is 6.10 Å². The van der Waals surface area contributed by atoms with Gasteiger partial charge in [0, 0.05) is 25.5 Å². The predicted octanol–water partition coefficient (Wildman–Crippen LogP) is 0.894. The average Bonchev–Trinajstić information content (AvgIpc) is 2.04. The number of likely N-dealkylation sites (N-methyl/N-ethyl adjacent to an activating group) is 1. The Morgan fingerprint density at radius 2 is 2.38 bits per heavy atom. The lowest BCUT2D eigenvalue weighted by Crippen LogP contribution is -2.26. The molecule has 0 bridgehead atoms. The molecule has 1 rings (SSSR count). The molecule has 0 aliphatic rings. The van der Waals surface area contributed by atoms with Crippen LogP contribution in [0.15, 0.2) is 24.5 Å². The Labute approximate surface area is 79.0 Å². The van der Waals surface area contributed by atoms with E-state index in [4.69, 9.17) is 5.11 Å². The largest absolute Gasteiger partial charge is 0.392 e. The number of pyridine rings is 1. The van der Waals surface area contributed by atoms with Crippen molar-refractivity contribution >= 4 is 0 Å². The number of aliphatic hydroxyl groups is 1. The molecule has 3 nitrogen and oxygen atoms in total. The minimum atomic E-state index is -0.276. The van der Waals surface area contributed by atoms with Crippen LogP contribution >= 0.6 is 0 Å². The van der Waals surface area contributed by atoms with Crippen molar-refractivity contribution in [2.75, 3.05) is 13.6 Å². The lowest BCUT2D eigenvalue weighted by atomic mass is 10.2. The van der Waals surface area contributed by atoms with Gasteiger partial charge in [0.25, 0.3) is 0 Å². The Bertz CT molecular complexity index is 236. The molecule has 1 aromatic rings. The maximum atomic E-state index is 9.14. The molecular formula is C10H16N2O. The molecule has 1 N–H and O–H groups in total. The zero-order valence-electron chi connectivity index (χ0n) is 8.14. The van der Waals surface area contributed by atoms with Gasteiger partial charge in [-0.1, -0.05) is 6.07 Å². The minimum absolute atomic E-state index is 0.276. The third kappa shape index (κ3) is 4.01. The van der Waals surface area contributed by atoms with Crippen LogP contribution in [0.2, 0.25) is 0 Å². The highest BCUT2D eigenvalue weighted by Gasteiger charge is 2.02. The van der Waals surface area contributed by atoms with Gasteiger partial charge < -0.3 is 5.11 Å². The molecule has 0 aromatic carbocycles. The molecule has 72 valence electrons. The van der Waals surface area contributed by atoms with Crippen molar-refractivity contribution < 1.29 is 5.11 Å². The van der Waals surface area contributed by atoms with Crippen LogP contribution in [0.4, 0.5) is 0 Å². The molecule has 1 heterocycles. The molecular weight excluding hydrogens is 164 g/mol. The molecule has 0 spiro atoms. The quantitative estimate of drug-likeness (QED) is 0.747. The van der Waals surface area contributed by atoms with Crippen molar-refractivity contribution in [1.29, 1.82) is 0 Å². The van der Waals surface area contributed by atoms with Gasteiger partial charge in [0.1, 0.15) is 0 Å². The summed E-state index contributed by atoms with van der Waals surface area (Å²) in [5.41, 5.74) is 1.17. The van der Waals surface area contributed by atoms with E-state index in [0.29, 0.717) is 6.54 Å². The normalized spacial score (nSPS) is 13.2. The number of aromatic nitrogens is 1. The Kier molecular flexibility index (Phi) is 3.86. The molecule has 0 fully saturated rings. The van der Waals surface area contributed by atoms with E-state index < -0.39 is 0 Å². The predicted molar refractivity (Wildman–Crippen MR) is 52.3 cm³/mol. The van der Waals surface area contributed by atoms with Gasteiger partial charge in [-0.3, -0.25) is 9.88 Å². The van der Waals surface area contributed by atoms with Crippen molar-refractivity contribution in [3.05, 3.63) is 30.1 Å². The van der Waals surface area contributed by atoms with E-state index in [9.17, 15) is 0 Å². The summed E-state index contributed by atoms with van der Waals surface area (Å²) in [6.45, 7) is 3.31. The fourth-order valence-corrected chi connectivity index (χ4v) is 1.32. The molecule has 3 heteroatoms. The molecule has 0 aliphatic heterocycles. The van der Waals surface area contributed by atoms with Gasteiger partial charge in [-0.25, -0.2) is 0 Å². The first kappa shape index (κ1) is 10.2. The molecule has 0 saturated heterocycles. The highest BCUT2D eigenvalue weighted by molar-refractivity contribution is 5.07. The lowest BCUT2D eigenvalue weighted by molar-refractivity contribution is 0.138. The molecule has 0 aliphatic carbocycles. The summed E-state index contributed by atoms with van der Waals surface area (Å²) in [6, 6.07) is 3.96. The zero-order valence-corrected chi connectivity index (χ0v) is 8.14. The number of hydrogen-bond donors (Lipinski definition) is 1. The molecule has 1 atom stereocenters. The summed E-state index contributed by atoms with van der Waals surface area (Å²) < 4.78 is 0. The smallest absolute Gasteiger partial charge is 0.0639 e. The van der Waals surface area contributed by atoms with Crippen LogP contribution in [0.5, 0.6) is 0 Å². The van der Waals surface area contributed by atoms with Crippen molar-refractivity contribution in [3.8, 4) is 0 Å². The van der Waals surface area contributed by atoms with E-state index in [1.54, 1.807) is 13.1 Å². The van der Waals surface area contributed by atoms with Crippen molar-refractivity contribution in [3.63, 3.8) is 0 Å². The van der Waals surface area contributed by atoms with E-state index in [1.165, 1.54) is 5.56 Å². The Hall–Kier alpha value is -0.930. The van der Waals surface area contributed by atoms with Gasteiger partial charge in [0.2, 0.25) is 0 Å². The van der Waals surface area contributed by atoms with Crippen molar-refractivity contribution in [1.82, 2.24) is 9.88 Å². The summed E-state index contributed by atoms with van der Waals surface area (Å²) >= 11 is 0. The first-order valence-electron chi connectivity index (χ1n) is 4.44. The lowest BCUT2D eigenvalue weighted by Gasteiger charge is -2.17. The summed E-state index contributed by atoms with van der Waals surface area (Å²) in [7, 11) is 1.99. The minimum Gasteiger partial charge on any atom is -0.392 e. The van der Waals surface area contributed by atoms with Crippen molar-refractivity contribution in [2.45, 2.75) is 19.6 Å². The summed E-state index contributed by atoms with van der Waals surface area (Å²) in [6.07, 6.45) is 3.33. The van der Waals surface area contributed by atoms with E-state index in [0.717, 1.165) is 6.54 Å². The first-order chi connectivity index (χ1) is 6.18. The third-order valence-corrected chi connectivity index (χ3v) is 1.75. The van der Waals surface area contributed by atoms with Gasteiger partial charge in [0.05, 0.1) is 6.10 Å². The number of hydrogen-bond acceptors (Lipinski definition) is 3. The maximum absolute atomic E-state index is 9.14. The summed E-state index contributed by atoms with van der Waals surface area (Å²) in [5.74, 6) is 0. The van der Waals surface area contributed by atoms with E-state index in [2.05, 4.69) is 9.88 Å². The third-order valence-electron chi connectivity index (χ3n) is 1.75. The maximum Gasteiger partial charge on any atom is 0.0639 e. The van der Waals surface area contributed by atoms with Crippen LogP contribution in [0.25, 0.3) is 0 Å². The Balaban J connectivity index is 2.41. The highest BCUT2D eigenvalue weighted by atomic mass is 16.3. The molecule has 13 heavy (non-hydrogen) atoms. The van der Waals surface area contributed by atoms with E-state index in [1.807, 2.05) is 25.4 Å². The standard InChI is InChI=1S/C10H16N2O/c1-9(13)7-12(2)8-10-4-3-5-11-6-10/h3-6,9,13H,7-8H2,1-2H3/t9-/m1/s1. The van der Waals surface area contributed by atoms with Gasteiger partial charge in [-0.05, 0) is 25.6 Å². The van der Waals surface area contributed by atoms with Crippen LogP contribution in [-0.4, -0.2) is 34.7 Å². The molecule has 0 unspecified atom stereocenters. The number of rotatable bonds is 4. The van der Waals surface area contributed by atoms with Crippen LogP contribution in [0, 0.1) is 0 Å². The van der Waals surface area contributed by atoms with Crippen LogP contribution in [-0.2, 0) is 6.54 Å². The monoisotopic (exact) mass is 180 g/mol. The topological polar surface area (TPSA) is 36.4 Å². The van der Waals surface area contributed by atoms with Crippen molar-refractivity contribution in [2.24, 2.45) is 0 Å². The molecule has 0 amide bonds. The fraction of sp³-hybridized carbons (Fsp3) is 0.500. The first-order valence-corrected chi connectivity index (χ1v) is 4.44. The molecule has 0 radical (unpaired) electrons. The van der Waals surface area contributed by atoms with Crippen LogP contribution < -0.4 is 0 Å². The van der Waals surface area contributed by atoms with Gasteiger partial charge >= 0.3 is 0 Å². The molecule has 0 saturated carbocycles. The summed E-state index contributed by atoms with van der Waals surface area (Å²) in [5, 5.41) is 9.14. The number of nitrogens with zero attached hydrogens (tertiary/aromatic N) is 2. The Morgan fingerprint density at radius 3 is 2.92 bits per heavy atom. The fourth-order valence-electron chi connectivity index (χ4n) is 1.32. The number of aliphatic hydroxyl groups excluding tert-OH is 1. The van der Waals surface area contributed by atoms with Crippen LogP contribution in [0.1, 0.15) is 12.5 Å². The average molecular weight is 180 g/mol. The SMILES string of the molecule is C[C@@H](O)CN(C)Cc1cccnc1. The van der Waals surface area contributed by atoms with Gasteiger partial charge in [-0.2, -0.15) is 0 Å².